The van der Waals surface area contributed by atoms with Gasteiger partial charge in [0.05, 0.1) is 25.3 Å². The largest absolute Gasteiger partial charge is 0.495 e. The molecule has 1 aromatic carbocycles. The number of hydrogen-bond acceptors (Lipinski definition) is 3. The van der Waals surface area contributed by atoms with Crippen LogP contribution < -0.4 is 9.64 Å². The maximum atomic E-state index is 8.54. The first-order valence-electron chi connectivity index (χ1n) is 4.91. The number of aryl methyl sites for hydroxylation is 1. The van der Waals surface area contributed by atoms with Crippen LogP contribution in [0.25, 0.3) is 0 Å². The van der Waals surface area contributed by atoms with Crippen LogP contribution in [0.4, 0.5) is 5.69 Å². The van der Waals surface area contributed by atoms with E-state index in [9.17, 15) is 0 Å². The SMILES string of the molecule is COc1ccc(C)cc1N(C)CCC#N. The number of hydrogen-bond donors (Lipinski definition) is 0. The predicted molar refractivity (Wildman–Crippen MR) is 61.2 cm³/mol. The third kappa shape index (κ3) is 2.88. The summed E-state index contributed by atoms with van der Waals surface area (Å²) in [4.78, 5) is 2.04. The zero-order valence-electron chi connectivity index (χ0n) is 9.45. The summed E-state index contributed by atoms with van der Waals surface area (Å²) in [7, 11) is 3.63. The van der Waals surface area contributed by atoms with Crippen molar-refractivity contribution in [2.24, 2.45) is 0 Å². The molecule has 0 aliphatic rings. The molecule has 0 saturated heterocycles. The van der Waals surface area contributed by atoms with Gasteiger partial charge in [-0.25, -0.2) is 0 Å². The van der Waals surface area contributed by atoms with E-state index in [-0.39, 0.29) is 0 Å². The van der Waals surface area contributed by atoms with Gasteiger partial charge in [-0.3, -0.25) is 0 Å². The second-order valence-electron chi connectivity index (χ2n) is 3.50. The number of benzene rings is 1. The van der Waals surface area contributed by atoms with Crippen LogP contribution in [-0.4, -0.2) is 20.7 Å². The van der Waals surface area contributed by atoms with Gasteiger partial charge in [-0.1, -0.05) is 6.07 Å². The zero-order chi connectivity index (χ0) is 11.3. The lowest BCUT2D eigenvalue weighted by Crippen LogP contribution is -2.18. The molecule has 3 nitrogen and oxygen atoms in total. The van der Waals surface area contributed by atoms with Gasteiger partial charge >= 0.3 is 0 Å². The van der Waals surface area contributed by atoms with Crippen LogP contribution in [0.5, 0.6) is 5.75 Å². The van der Waals surface area contributed by atoms with Crippen LogP contribution in [0.1, 0.15) is 12.0 Å². The summed E-state index contributed by atoms with van der Waals surface area (Å²) in [6, 6.07) is 8.17. The maximum Gasteiger partial charge on any atom is 0.142 e. The van der Waals surface area contributed by atoms with Crippen LogP contribution in [0, 0.1) is 18.3 Å². The first-order valence-corrected chi connectivity index (χ1v) is 4.91. The summed E-state index contributed by atoms with van der Waals surface area (Å²) in [5.41, 5.74) is 2.22. The Morgan fingerprint density at radius 3 is 2.80 bits per heavy atom. The number of nitrogens with zero attached hydrogens (tertiary/aromatic N) is 2. The molecular formula is C12H16N2O. The lowest BCUT2D eigenvalue weighted by Gasteiger charge is -2.20. The summed E-state index contributed by atoms with van der Waals surface area (Å²) >= 11 is 0. The summed E-state index contributed by atoms with van der Waals surface area (Å²) < 4.78 is 5.28. The van der Waals surface area contributed by atoms with E-state index in [0.29, 0.717) is 6.42 Å². The average Bonchev–Trinajstić information content (AvgIpc) is 2.25. The van der Waals surface area contributed by atoms with Crippen molar-refractivity contribution >= 4 is 5.69 Å². The molecule has 0 aliphatic heterocycles. The van der Waals surface area contributed by atoms with E-state index < -0.39 is 0 Å². The van der Waals surface area contributed by atoms with Crippen LogP contribution in [0.2, 0.25) is 0 Å². The topological polar surface area (TPSA) is 36.3 Å². The third-order valence-electron chi connectivity index (χ3n) is 2.30. The summed E-state index contributed by atoms with van der Waals surface area (Å²) in [5, 5.41) is 8.54. The van der Waals surface area contributed by atoms with Gasteiger partial charge in [-0.15, -0.1) is 0 Å². The van der Waals surface area contributed by atoms with Crippen LogP contribution in [-0.2, 0) is 0 Å². The molecule has 1 aromatic rings. The van der Waals surface area contributed by atoms with Gasteiger partial charge in [0.2, 0.25) is 0 Å². The zero-order valence-corrected chi connectivity index (χ0v) is 9.45. The molecule has 3 heteroatoms. The Morgan fingerprint density at radius 2 is 2.20 bits per heavy atom. The van der Waals surface area contributed by atoms with E-state index in [2.05, 4.69) is 12.1 Å². The second-order valence-corrected chi connectivity index (χ2v) is 3.50. The Bertz CT molecular complexity index is 368. The monoisotopic (exact) mass is 204 g/mol. The lowest BCUT2D eigenvalue weighted by atomic mass is 10.2. The van der Waals surface area contributed by atoms with Crippen molar-refractivity contribution in [2.45, 2.75) is 13.3 Å². The van der Waals surface area contributed by atoms with Gasteiger partial charge in [0.1, 0.15) is 5.75 Å². The van der Waals surface area contributed by atoms with E-state index in [1.165, 1.54) is 5.56 Å². The lowest BCUT2D eigenvalue weighted by molar-refractivity contribution is 0.415. The average molecular weight is 204 g/mol. The molecule has 0 radical (unpaired) electrons. The van der Waals surface area contributed by atoms with Gasteiger partial charge in [0.25, 0.3) is 0 Å². The van der Waals surface area contributed by atoms with Gasteiger partial charge in [0.15, 0.2) is 0 Å². The van der Waals surface area contributed by atoms with Crippen molar-refractivity contribution < 1.29 is 4.74 Å². The number of ether oxygens (including phenoxy) is 1. The minimum absolute atomic E-state index is 0.521. The van der Waals surface area contributed by atoms with E-state index in [4.69, 9.17) is 10.00 Å². The van der Waals surface area contributed by atoms with Crippen molar-refractivity contribution in [3.05, 3.63) is 23.8 Å². The first-order chi connectivity index (χ1) is 7.19. The van der Waals surface area contributed by atoms with Crippen molar-refractivity contribution in [3.8, 4) is 11.8 Å². The molecule has 0 aliphatic carbocycles. The highest BCUT2D eigenvalue weighted by Gasteiger charge is 2.07. The Labute approximate surface area is 90.9 Å². The highest BCUT2D eigenvalue weighted by molar-refractivity contribution is 5.59. The number of anilines is 1. The number of nitriles is 1. The summed E-state index contributed by atoms with van der Waals surface area (Å²) in [6.45, 7) is 2.76. The summed E-state index contributed by atoms with van der Waals surface area (Å²) in [5.74, 6) is 0.848. The van der Waals surface area contributed by atoms with Crippen molar-refractivity contribution in [1.82, 2.24) is 0 Å². The molecule has 0 heterocycles. The molecule has 0 fully saturated rings. The van der Waals surface area contributed by atoms with Crippen molar-refractivity contribution in [1.29, 1.82) is 5.26 Å². The number of rotatable bonds is 4. The van der Waals surface area contributed by atoms with Gasteiger partial charge in [-0.2, -0.15) is 5.26 Å². The highest BCUT2D eigenvalue weighted by Crippen LogP contribution is 2.28. The van der Waals surface area contributed by atoms with E-state index in [1.54, 1.807) is 7.11 Å². The molecule has 80 valence electrons. The Balaban J connectivity index is 2.90. The predicted octanol–water partition coefficient (Wildman–Crippen LogP) is 2.35. The van der Waals surface area contributed by atoms with E-state index in [1.807, 2.05) is 31.0 Å². The van der Waals surface area contributed by atoms with Crippen LogP contribution in [0.15, 0.2) is 18.2 Å². The molecule has 0 N–H and O–H groups in total. The normalized spacial score (nSPS) is 9.47. The van der Waals surface area contributed by atoms with E-state index >= 15 is 0 Å². The van der Waals surface area contributed by atoms with Gasteiger partial charge in [-0.05, 0) is 24.6 Å². The molecule has 0 aromatic heterocycles. The quantitative estimate of drug-likeness (QED) is 0.755. The maximum absolute atomic E-state index is 8.54. The molecule has 0 bridgehead atoms. The minimum atomic E-state index is 0.521. The van der Waals surface area contributed by atoms with Crippen molar-refractivity contribution in [3.63, 3.8) is 0 Å². The first kappa shape index (κ1) is 11.4. The molecule has 0 unspecified atom stereocenters. The van der Waals surface area contributed by atoms with Gasteiger partial charge < -0.3 is 9.64 Å². The molecule has 0 saturated carbocycles. The van der Waals surface area contributed by atoms with Crippen molar-refractivity contribution in [2.75, 3.05) is 25.6 Å². The molecule has 1 rings (SSSR count). The van der Waals surface area contributed by atoms with Crippen LogP contribution >= 0.6 is 0 Å². The fraction of sp³-hybridized carbons (Fsp3) is 0.417. The smallest absolute Gasteiger partial charge is 0.142 e. The standard InChI is InChI=1S/C12H16N2O/c1-10-5-6-12(15-3)11(9-10)14(2)8-4-7-13/h5-6,9H,4,8H2,1-3H3. The fourth-order valence-electron chi connectivity index (χ4n) is 1.44. The minimum Gasteiger partial charge on any atom is -0.495 e. The third-order valence-corrected chi connectivity index (χ3v) is 2.30. The Kier molecular flexibility index (Phi) is 3.99. The highest BCUT2D eigenvalue weighted by atomic mass is 16.5. The Morgan fingerprint density at radius 1 is 1.47 bits per heavy atom. The molecule has 0 atom stereocenters. The Hall–Kier alpha value is -1.69. The summed E-state index contributed by atoms with van der Waals surface area (Å²) in [6.07, 6.45) is 0.521. The molecular weight excluding hydrogens is 188 g/mol. The fourth-order valence-corrected chi connectivity index (χ4v) is 1.44. The van der Waals surface area contributed by atoms with E-state index in [0.717, 1.165) is 18.0 Å². The second kappa shape index (κ2) is 5.26. The van der Waals surface area contributed by atoms with Gasteiger partial charge in [0, 0.05) is 13.6 Å². The molecule has 0 spiro atoms. The molecule has 0 amide bonds. The molecule has 15 heavy (non-hydrogen) atoms. The number of methoxy groups -OCH3 is 1. The van der Waals surface area contributed by atoms with Crippen LogP contribution in [0.3, 0.4) is 0 Å².